The van der Waals surface area contributed by atoms with Crippen molar-refractivity contribution in [3.8, 4) is 17.2 Å². The zero-order valence-electron chi connectivity index (χ0n) is 13.3. The van der Waals surface area contributed by atoms with Crippen molar-refractivity contribution in [1.29, 1.82) is 0 Å². The molecule has 1 heterocycles. The maximum Gasteiger partial charge on any atom is 0.258 e. The van der Waals surface area contributed by atoms with E-state index in [1.54, 1.807) is 24.3 Å². The van der Waals surface area contributed by atoms with Gasteiger partial charge in [-0.3, -0.25) is 4.79 Å². The largest absolute Gasteiger partial charge is 0.486 e. The summed E-state index contributed by atoms with van der Waals surface area (Å²) in [6.45, 7) is 3.43. The first-order chi connectivity index (χ1) is 11.6. The van der Waals surface area contributed by atoms with Gasteiger partial charge in [0.15, 0.2) is 18.1 Å². The summed E-state index contributed by atoms with van der Waals surface area (Å²) in [4.78, 5) is 11.9. The molecule has 0 atom stereocenters. The Morgan fingerprint density at radius 2 is 1.83 bits per heavy atom. The van der Waals surface area contributed by atoms with Gasteiger partial charge in [0.25, 0.3) is 5.91 Å². The molecule has 1 aliphatic rings. The van der Waals surface area contributed by atoms with Crippen LogP contribution in [0.25, 0.3) is 0 Å². The number of nitrogens with one attached hydrogen (secondary N) is 1. The van der Waals surface area contributed by atoms with Gasteiger partial charge in [-0.1, -0.05) is 11.6 Å². The van der Waals surface area contributed by atoms with Gasteiger partial charge in [-0.05, 0) is 54.4 Å². The van der Waals surface area contributed by atoms with Crippen molar-refractivity contribution in [3.05, 3.63) is 52.5 Å². The van der Waals surface area contributed by atoms with E-state index < -0.39 is 0 Å². The Labute approximate surface area is 145 Å². The molecule has 3 rings (SSSR count). The van der Waals surface area contributed by atoms with Crippen LogP contribution in [0.4, 0.5) is 0 Å². The summed E-state index contributed by atoms with van der Waals surface area (Å²) in [6, 6.07) is 10.7. The molecule has 0 spiro atoms. The fraction of sp³-hybridized carbons (Fsp3) is 0.278. The van der Waals surface area contributed by atoms with E-state index >= 15 is 0 Å². The van der Waals surface area contributed by atoms with Crippen molar-refractivity contribution in [2.75, 3.05) is 19.8 Å². The van der Waals surface area contributed by atoms with Crippen molar-refractivity contribution >= 4 is 17.5 Å². The Balaban J connectivity index is 1.53. The molecule has 126 valence electrons. The number of benzene rings is 2. The normalized spacial score (nSPS) is 12.6. The van der Waals surface area contributed by atoms with Gasteiger partial charge in [-0.15, -0.1) is 0 Å². The molecule has 24 heavy (non-hydrogen) atoms. The second-order valence-electron chi connectivity index (χ2n) is 5.44. The van der Waals surface area contributed by atoms with Crippen LogP contribution in [0.15, 0.2) is 36.4 Å². The standard InChI is InChI=1S/C18H18ClNO4/c1-12-8-16-17(23-7-6-22-16)9-13(12)10-20-18(21)11-24-15-4-2-14(19)3-5-15/h2-5,8-9H,6-7,10-11H2,1H3,(H,20,21). The fourth-order valence-corrected chi connectivity index (χ4v) is 2.47. The van der Waals surface area contributed by atoms with Crippen LogP contribution >= 0.6 is 11.6 Å². The molecular weight excluding hydrogens is 330 g/mol. The molecule has 0 aliphatic carbocycles. The van der Waals surface area contributed by atoms with Crippen LogP contribution < -0.4 is 19.5 Å². The molecule has 1 N–H and O–H groups in total. The molecule has 2 aromatic rings. The smallest absolute Gasteiger partial charge is 0.258 e. The van der Waals surface area contributed by atoms with E-state index in [-0.39, 0.29) is 12.5 Å². The quantitative estimate of drug-likeness (QED) is 0.903. The number of amides is 1. The first kappa shape index (κ1) is 16.5. The highest BCUT2D eigenvalue weighted by Gasteiger charge is 2.14. The summed E-state index contributed by atoms with van der Waals surface area (Å²) in [7, 11) is 0. The third kappa shape index (κ3) is 4.11. The van der Waals surface area contributed by atoms with Gasteiger partial charge in [0.1, 0.15) is 19.0 Å². The highest BCUT2D eigenvalue weighted by molar-refractivity contribution is 6.30. The van der Waals surface area contributed by atoms with E-state index in [4.69, 9.17) is 25.8 Å². The summed E-state index contributed by atoms with van der Waals surface area (Å²) in [5.41, 5.74) is 2.03. The zero-order valence-corrected chi connectivity index (χ0v) is 14.1. The molecule has 0 radical (unpaired) electrons. The van der Waals surface area contributed by atoms with E-state index in [2.05, 4.69) is 5.32 Å². The first-order valence-corrected chi connectivity index (χ1v) is 8.04. The number of carbonyl (C=O) groups is 1. The minimum atomic E-state index is -0.195. The summed E-state index contributed by atoms with van der Waals surface area (Å²) in [5.74, 6) is 1.87. The highest BCUT2D eigenvalue weighted by Crippen LogP contribution is 2.32. The molecule has 0 saturated carbocycles. The predicted molar refractivity (Wildman–Crippen MR) is 91.0 cm³/mol. The van der Waals surface area contributed by atoms with Gasteiger partial charge < -0.3 is 19.5 Å². The van der Waals surface area contributed by atoms with Crippen LogP contribution in [-0.2, 0) is 11.3 Å². The van der Waals surface area contributed by atoms with Crippen molar-refractivity contribution in [1.82, 2.24) is 5.32 Å². The summed E-state index contributed by atoms with van der Waals surface area (Å²) < 4.78 is 16.5. The fourth-order valence-electron chi connectivity index (χ4n) is 2.35. The van der Waals surface area contributed by atoms with Crippen molar-refractivity contribution < 1.29 is 19.0 Å². The monoisotopic (exact) mass is 347 g/mol. The summed E-state index contributed by atoms with van der Waals surface area (Å²) in [5, 5.41) is 3.47. The number of hydrogen-bond acceptors (Lipinski definition) is 4. The SMILES string of the molecule is Cc1cc2c(cc1CNC(=O)COc1ccc(Cl)cc1)OCCO2. The third-order valence-corrected chi connectivity index (χ3v) is 3.91. The second-order valence-corrected chi connectivity index (χ2v) is 5.88. The van der Waals surface area contributed by atoms with E-state index in [0.29, 0.717) is 36.3 Å². The molecule has 0 fully saturated rings. The Morgan fingerprint density at radius 3 is 2.54 bits per heavy atom. The zero-order chi connectivity index (χ0) is 16.9. The van der Waals surface area contributed by atoms with Crippen LogP contribution in [0.5, 0.6) is 17.2 Å². The number of ether oxygens (including phenoxy) is 3. The Morgan fingerprint density at radius 1 is 1.17 bits per heavy atom. The van der Waals surface area contributed by atoms with Crippen LogP contribution in [0, 0.1) is 6.92 Å². The maximum atomic E-state index is 11.9. The van der Waals surface area contributed by atoms with Crippen LogP contribution in [0.1, 0.15) is 11.1 Å². The van der Waals surface area contributed by atoms with Crippen molar-refractivity contribution in [2.24, 2.45) is 0 Å². The van der Waals surface area contributed by atoms with E-state index in [1.165, 1.54) is 0 Å². The number of halogens is 1. The molecule has 2 aromatic carbocycles. The van der Waals surface area contributed by atoms with Crippen molar-refractivity contribution in [2.45, 2.75) is 13.5 Å². The molecule has 0 unspecified atom stereocenters. The highest BCUT2D eigenvalue weighted by atomic mass is 35.5. The van der Waals surface area contributed by atoms with Crippen molar-refractivity contribution in [3.63, 3.8) is 0 Å². The third-order valence-electron chi connectivity index (χ3n) is 3.66. The predicted octanol–water partition coefficient (Wildman–Crippen LogP) is 3.11. The minimum Gasteiger partial charge on any atom is -0.486 e. The first-order valence-electron chi connectivity index (χ1n) is 7.66. The summed E-state index contributed by atoms with van der Waals surface area (Å²) >= 11 is 5.80. The molecule has 6 heteroatoms. The Bertz CT molecular complexity index is 731. The van der Waals surface area contributed by atoms with Gasteiger partial charge in [0.05, 0.1) is 0 Å². The van der Waals surface area contributed by atoms with Gasteiger partial charge in [0, 0.05) is 11.6 Å². The lowest BCUT2D eigenvalue weighted by Gasteiger charge is -2.20. The molecule has 1 amide bonds. The van der Waals surface area contributed by atoms with E-state index in [9.17, 15) is 4.79 Å². The average Bonchev–Trinajstić information content (AvgIpc) is 2.59. The number of rotatable bonds is 5. The van der Waals surface area contributed by atoms with Crippen LogP contribution in [-0.4, -0.2) is 25.7 Å². The molecule has 0 aromatic heterocycles. The molecule has 0 bridgehead atoms. The van der Waals surface area contributed by atoms with E-state index in [0.717, 1.165) is 16.9 Å². The van der Waals surface area contributed by atoms with Gasteiger partial charge in [-0.2, -0.15) is 0 Å². The maximum absolute atomic E-state index is 11.9. The number of aryl methyl sites for hydroxylation is 1. The van der Waals surface area contributed by atoms with Gasteiger partial charge in [0.2, 0.25) is 0 Å². The summed E-state index contributed by atoms with van der Waals surface area (Å²) in [6.07, 6.45) is 0. The van der Waals surface area contributed by atoms with Gasteiger partial charge in [-0.25, -0.2) is 0 Å². The topological polar surface area (TPSA) is 56.8 Å². The van der Waals surface area contributed by atoms with Gasteiger partial charge >= 0.3 is 0 Å². The average molecular weight is 348 g/mol. The lowest BCUT2D eigenvalue weighted by Crippen LogP contribution is -2.28. The number of hydrogen-bond donors (Lipinski definition) is 1. The lowest BCUT2D eigenvalue weighted by atomic mass is 10.1. The molecule has 1 aliphatic heterocycles. The number of carbonyl (C=O) groups excluding carboxylic acids is 1. The van der Waals surface area contributed by atoms with Crippen LogP contribution in [0.2, 0.25) is 5.02 Å². The molecule has 0 saturated heterocycles. The minimum absolute atomic E-state index is 0.0504. The van der Waals surface area contributed by atoms with Crippen LogP contribution in [0.3, 0.4) is 0 Å². The Hall–Kier alpha value is -2.40. The second kappa shape index (κ2) is 7.45. The molecular formula is C18H18ClNO4. The lowest BCUT2D eigenvalue weighted by molar-refractivity contribution is -0.123. The number of fused-ring (bicyclic) bond motifs is 1. The Kier molecular flexibility index (Phi) is 5.11. The van der Waals surface area contributed by atoms with E-state index in [1.807, 2.05) is 19.1 Å². The molecule has 5 nitrogen and oxygen atoms in total.